The maximum absolute atomic E-state index is 11.4. The Kier molecular flexibility index (Phi) is 34.7. The molecule has 0 heterocycles. The number of nitrogens with zero attached hydrogens (tertiary/aromatic N) is 1. The zero-order valence-corrected chi connectivity index (χ0v) is 27.0. The second kappa shape index (κ2) is 36.0. The second-order valence-electron chi connectivity index (χ2n) is 9.52. The molecule has 0 spiro atoms. The van der Waals surface area contributed by atoms with E-state index >= 15 is 0 Å². The van der Waals surface area contributed by atoms with E-state index in [0.29, 0.717) is 145 Å². The molecular weight excluding hydrogens is 584 g/mol. The summed E-state index contributed by atoms with van der Waals surface area (Å²) in [5, 5.41) is 11.2. The lowest BCUT2D eigenvalue weighted by molar-refractivity contribution is -0.138. The minimum Gasteiger partial charge on any atom is -0.481 e. The van der Waals surface area contributed by atoms with Gasteiger partial charge in [0.15, 0.2) is 0 Å². The van der Waals surface area contributed by atoms with Gasteiger partial charge in [-0.15, -0.1) is 0 Å². The lowest BCUT2D eigenvalue weighted by atomic mass is 10.3. The van der Waals surface area contributed by atoms with Crippen LogP contribution in [0.1, 0.15) is 19.3 Å². The Bertz CT molecular complexity index is 618. The molecule has 0 aromatic carbocycles. The number of amides is 1. The van der Waals surface area contributed by atoms with E-state index in [4.69, 9.17) is 52.5 Å². The summed E-state index contributed by atoms with van der Waals surface area (Å²) in [6, 6.07) is 0. The SMILES string of the molecule is CN(C)CCOCCOCCOCCOCCOCCOCCOCCOCCOCCOCCCNC(=O)CCC(=O)O. The number of carboxylic acids is 1. The third-order valence-electron chi connectivity index (χ3n) is 5.38. The number of nitrogens with one attached hydrogen (secondary N) is 1. The number of hydrogen-bond acceptors (Lipinski definition) is 13. The number of hydrogen-bond donors (Lipinski definition) is 2. The fourth-order valence-corrected chi connectivity index (χ4v) is 3.04. The van der Waals surface area contributed by atoms with Crippen LogP contribution in [0.2, 0.25) is 0 Å². The van der Waals surface area contributed by atoms with Gasteiger partial charge in [-0.1, -0.05) is 0 Å². The molecule has 44 heavy (non-hydrogen) atoms. The zero-order valence-electron chi connectivity index (χ0n) is 27.0. The van der Waals surface area contributed by atoms with Crippen molar-refractivity contribution >= 4 is 11.9 Å². The maximum Gasteiger partial charge on any atom is 0.303 e. The first kappa shape index (κ1) is 42.5. The number of carboxylic acid groups (broad SMARTS) is 1. The van der Waals surface area contributed by atoms with E-state index in [1.54, 1.807) is 0 Å². The van der Waals surface area contributed by atoms with Gasteiger partial charge in [-0.3, -0.25) is 9.59 Å². The molecule has 0 aromatic heterocycles. The van der Waals surface area contributed by atoms with Gasteiger partial charge in [0, 0.05) is 26.1 Å². The average Bonchev–Trinajstić information content (AvgIpc) is 3.00. The number of aliphatic carboxylic acids is 1. The van der Waals surface area contributed by atoms with Crippen molar-refractivity contribution in [2.75, 3.05) is 159 Å². The van der Waals surface area contributed by atoms with Crippen LogP contribution in [-0.2, 0) is 57.0 Å². The fraction of sp³-hybridized carbons (Fsp3) is 0.931. The summed E-state index contributed by atoms with van der Waals surface area (Å²) in [6.45, 7) is 11.6. The molecule has 0 rings (SSSR count). The number of likely N-dealkylation sites (N-methyl/N-ethyl adjacent to an activating group) is 1. The van der Waals surface area contributed by atoms with Crippen molar-refractivity contribution in [2.45, 2.75) is 19.3 Å². The molecule has 2 N–H and O–H groups in total. The van der Waals surface area contributed by atoms with Crippen LogP contribution in [0, 0.1) is 0 Å². The second-order valence-corrected chi connectivity index (χ2v) is 9.52. The largest absolute Gasteiger partial charge is 0.481 e. The van der Waals surface area contributed by atoms with Crippen LogP contribution >= 0.6 is 0 Å². The third-order valence-corrected chi connectivity index (χ3v) is 5.38. The predicted molar refractivity (Wildman–Crippen MR) is 161 cm³/mol. The average molecular weight is 643 g/mol. The summed E-state index contributed by atoms with van der Waals surface area (Å²) in [7, 11) is 4.03. The van der Waals surface area contributed by atoms with Crippen LogP contribution in [0.4, 0.5) is 0 Å². The van der Waals surface area contributed by atoms with Crippen molar-refractivity contribution in [3.63, 3.8) is 0 Å². The highest BCUT2D eigenvalue weighted by atomic mass is 16.6. The summed E-state index contributed by atoms with van der Waals surface area (Å²) in [6.07, 6.45) is 0.484. The summed E-state index contributed by atoms with van der Waals surface area (Å²) in [5.74, 6) is -1.25. The molecule has 0 aliphatic heterocycles. The topological polar surface area (TPSA) is 162 Å². The number of ether oxygens (including phenoxy) is 10. The summed E-state index contributed by atoms with van der Waals surface area (Å²) in [5.41, 5.74) is 0. The molecule has 15 heteroatoms. The minimum atomic E-state index is -0.981. The van der Waals surface area contributed by atoms with Crippen molar-refractivity contribution in [3.05, 3.63) is 0 Å². The minimum absolute atomic E-state index is 0.00816. The van der Waals surface area contributed by atoms with E-state index in [1.165, 1.54) is 0 Å². The fourth-order valence-electron chi connectivity index (χ4n) is 3.04. The van der Waals surface area contributed by atoms with Crippen LogP contribution in [0.3, 0.4) is 0 Å². The number of rotatable bonds is 37. The Hall–Kier alpha value is -1.50. The number of carbonyl (C=O) groups is 2. The molecule has 0 aromatic rings. The smallest absolute Gasteiger partial charge is 0.303 e. The van der Waals surface area contributed by atoms with Gasteiger partial charge in [0.2, 0.25) is 5.91 Å². The highest BCUT2D eigenvalue weighted by molar-refractivity contribution is 5.80. The van der Waals surface area contributed by atoms with E-state index in [0.717, 1.165) is 6.54 Å². The molecule has 0 fully saturated rings. The van der Waals surface area contributed by atoms with Crippen LogP contribution in [0.5, 0.6) is 0 Å². The van der Waals surface area contributed by atoms with Gasteiger partial charge in [-0.05, 0) is 20.5 Å². The van der Waals surface area contributed by atoms with Gasteiger partial charge in [0.1, 0.15) is 0 Å². The van der Waals surface area contributed by atoms with Gasteiger partial charge in [-0.2, -0.15) is 0 Å². The Labute approximate surface area is 263 Å². The van der Waals surface area contributed by atoms with Crippen molar-refractivity contribution in [1.82, 2.24) is 10.2 Å². The Balaban J connectivity index is 3.08. The maximum atomic E-state index is 11.4. The molecule has 262 valence electrons. The van der Waals surface area contributed by atoms with Crippen molar-refractivity contribution in [2.24, 2.45) is 0 Å². The first-order valence-corrected chi connectivity index (χ1v) is 15.4. The molecule has 0 radical (unpaired) electrons. The standard InChI is InChI=1S/C29H58N2O13/c1-31(2)7-9-36-11-13-38-15-17-40-19-21-42-23-25-44-27-26-43-24-22-41-20-18-39-16-14-37-12-10-35-8-3-6-30-28(32)4-5-29(33)34/h3-27H2,1-2H3,(H,30,32)(H,33,34). The lowest BCUT2D eigenvalue weighted by Crippen LogP contribution is -2.25. The van der Waals surface area contributed by atoms with E-state index in [-0.39, 0.29) is 18.7 Å². The Morgan fingerprint density at radius 3 is 1.07 bits per heavy atom. The molecule has 0 saturated heterocycles. The van der Waals surface area contributed by atoms with Crippen molar-refractivity contribution in [1.29, 1.82) is 0 Å². The first-order chi connectivity index (χ1) is 21.5. The van der Waals surface area contributed by atoms with Gasteiger partial charge >= 0.3 is 5.97 Å². The molecule has 0 aliphatic carbocycles. The molecule has 0 saturated carbocycles. The monoisotopic (exact) mass is 642 g/mol. The molecule has 0 aliphatic rings. The molecule has 0 atom stereocenters. The van der Waals surface area contributed by atoms with E-state index in [1.807, 2.05) is 14.1 Å². The zero-order chi connectivity index (χ0) is 32.2. The van der Waals surface area contributed by atoms with Crippen LogP contribution < -0.4 is 5.32 Å². The van der Waals surface area contributed by atoms with Gasteiger partial charge in [0.25, 0.3) is 0 Å². The van der Waals surface area contributed by atoms with Gasteiger partial charge in [0.05, 0.1) is 132 Å². The molecule has 0 bridgehead atoms. The quantitative estimate of drug-likeness (QED) is 0.0877. The predicted octanol–water partition coefficient (Wildman–Crippen LogP) is 0.0851. The third kappa shape index (κ3) is 38.5. The highest BCUT2D eigenvalue weighted by Gasteiger charge is 2.04. The highest BCUT2D eigenvalue weighted by Crippen LogP contribution is 1.90. The number of carbonyl (C=O) groups excluding carboxylic acids is 1. The van der Waals surface area contributed by atoms with Crippen LogP contribution in [-0.4, -0.2) is 181 Å². The first-order valence-electron chi connectivity index (χ1n) is 15.4. The summed E-state index contributed by atoms with van der Waals surface area (Å²) >= 11 is 0. The van der Waals surface area contributed by atoms with Gasteiger partial charge in [-0.25, -0.2) is 0 Å². The molecule has 15 nitrogen and oxygen atoms in total. The Morgan fingerprint density at radius 1 is 0.477 bits per heavy atom. The Morgan fingerprint density at radius 2 is 0.773 bits per heavy atom. The summed E-state index contributed by atoms with van der Waals surface area (Å²) in [4.78, 5) is 23.8. The summed E-state index contributed by atoms with van der Waals surface area (Å²) < 4.78 is 54.4. The van der Waals surface area contributed by atoms with E-state index < -0.39 is 5.97 Å². The van der Waals surface area contributed by atoms with Crippen molar-refractivity contribution < 1.29 is 62.1 Å². The van der Waals surface area contributed by atoms with Crippen LogP contribution in [0.25, 0.3) is 0 Å². The van der Waals surface area contributed by atoms with Gasteiger partial charge < -0.3 is 62.7 Å². The lowest BCUT2D eigenvalue weighted by Gasteiger charge is -2.10. The van der Waals surface area contributed by atoms with Crippen LogP contribution in [0.15, 0.2) is 0 Å². The normalized spacial score (nSPS) is 11.4. The van der Waals surface area contributed by atoms with Crippen molar-refractivity contribution in [3.8, 4) is 0 Å². The molecule has 0 unspecified atom stereocenters. The van der Waals surface area contributed by atoms with E-state index in [9.17, 15) is 9.59 Å². The molecular formula is C29H58N2O13. The van der Waals surface area contributed by atoms with E-state index in [2.05, 4.69) is 10.2 Å². The molecule has 1 amide bonds.